The second kappa shape index (κ2) is 15.7. The molecule has 1 saturated heterocycles. The molecule has 1 aliphatic heterocycles. The van der Waals surface area contributed by atoms with E-state index in [4.69, 9.17) is 4.74 Å². The van der Waals surface area contributed by atoms with Gasteiger partial charge in [-0.15, -0.1) is 6.58 Å². The maximum absolute atomic E-state index is 14.7. The van der Waals surface area contributed by atoms with E-state index in [-0.39, 0.29) is 25.5 Å². The van der Waals surface area contributed by atoms with Crippen molar-refractivity contribution >= 4 is 56.5 Å². The predicted molar refractivity (Wildman–Crippen MR) is 211 cm³/mol. The minimum Gasteiger partial charge on any atom is -0.446 e. The molecule has 0 aromatic carbocycles. The third kappa shape index (κ3) is 8.28. The lowest BCUT2D eigenvalue weighted by molar-refractivity contribution is -0.142. The first-order valence-electron chi connectivity index (χ1n) is 18.4. The van der Waals surface area contributed by atoms with Gasteiger partial charge in [-0.2, -0.15) is 27.8 Å². The fourth-order valence-electron chi connectivity index (χ4n) is 7.33. The van der Waals surface area contributed by atoms with Crippen molar-refractivity contribution in [2.45, 2.75) is 108 Å². The monoisotopic (exact) mass is 812 g/mol. The van der Waals surface area contributed by atoms with E-state index in [1.54, 1.807) is 27.0 Å². The summed E-state index contributed by atoms with van der Waals surface area (Å²) in [5.74, 6) is -2.79. The van der Waals surface area contributed by atoms with Gasteiger partial charge in [0.2, 0.25) is 21.8 Å². The molecule has 3 aliphatic rings. The molecule has 3 aromatic heterocycles. The van der Waals surface area contributed by atoms with Crippen LogP contribution in [0.1, 0.15) is 79.2 Å². The summed E-state index contributed by atoms with van der Waals surface area (Å²) in [5.41, 5.74) is -0.259. The SMILES string of the molecule is C=C[C@@H]1C[C@]1(NC(=O)[C@@H]1C[C@@H](n2ncc(-c3ccsc3)c(-c3ccsc3)c2=O)CN1C(=O)[C@@H](NC(=O)OC1CCCC1)C(C)(C)C)C(=O)NS(=O)(=O)C(C)C. The highest BCUT2D eigenvalue weighted by Gasteiger charge is 2.61. The first-order chi connectivity index (χ1) is 26.0. The third-order valence-electron chi connectivity index (χ3n) is 10.7. The summed E-state index contributed by atoms with van der Waals surface area (Å²) >= 11 is 2.93. The van der Waals surface area contributed by atoms with E-state index in [2.05, 4.69) is 27.0 Å². The highest BCUT2D eigenvalue weighted by atomic mass is 32.2. The van der Waals surface area contributed by atoms with Gasteiger partial charge in [-0.05, 0) is 96.1 Å². The molecular formula is C38H48N6O8S3. The van der Waals surface area contributed by atoms with Crippen LogP contribution in [0.15, 0.2) is 57.3 Å². The Hall–Kier alpha value is -4.35. The number of amides is 4. The number of nitrogens with zero attached hydrogens (tertiary/aromatic N) is 3. The van der Waals surface area contributed by atoms with E-state index < -0.39 is 79.6 Å². The lowest BCUT2D eigenvalue weighted by atomic mass is 9.85. The number of ether oxygens (including phenoxy) is 1. The highest BCUT2D eigenvalue weighted by molar-refractivity contribution is 7.90. The molecule has 296 valence electrons. The molecule has 2 aliphatic carbocycles. The molecule has 3 fully saturated rings. The van der Waals surface area contributed by atoms with Gasteiger partial charge in [0, 0.05) is 24.4 Å². The smallest absolute Gasteiger partial charge is 0.408 e. The quantitative estimate of drug-likeness (QED) is 0.215. The van der Waals surface area contributed by atoms with Gasteiger partial charge in [-0.3, -0.25) is 23.9 Å². The van der Waals surface area contributed by atoms with Gasteiger partial charge in [0.1, 0.15) is 23.7 Å². The van der Waals surface area contributed by atoms with E-state index in [0.717, 1.165) is 31.2 Å². The number of carbonyl (C=O) groups excluding carboxylic acids is 4. The van der Waals surface area contributed by atoms with Crippen molar-refractivity contribution in [1.82, 2.24) is 30.0 Å². The Labute approximate surface area is 328 Å². The fourth-order valence-corrected chi connectivity index (χ4v) is 9.31. The van der Waals surface area contributed by atoms with Crippen molar-refractivity contribution in [3.05, 3.63) is 62.9 Å². The van der Waals surface area contributed by atoms with Crippen LogP contribution in [0.5, 0.6) is 0 Å². The minimum absolute atomic E-state index is 0.0600. The van der Waals surface area contributed by atoms with Crippen LogP contribution < -0.4 is 20.9 Å². The van der Waals surface area contributed by atoms with Crippen LogP contribution in [0.25, 0.3) is 22.3 Å². The maximum Gasteiger partial charge on any atom is 0.408 e. The van der Waals surface area contributed by atoms with Crippen LogP contribution in [-0.4, -0.2) is 82.4 Å². The average Bonchev–Trinajstić information content (AvgIpc) is 3.80. The number of thiophene rings is 2. The molecular weight excluding hydrogens is 765 g/mol. The van der Waals surface area contributed by atoms with E-state index in [9.17, 15) is 32.4 Å². The van der Waals surface area contributed by atoms with Gasteiger partial charge < -0.3 is 20.3 Å². The van der Waals surface area contributed by atoms with Gasteiger partial charge in [0.05, 0.1) is 23.1 Å². The molecule has 0 spiro atoms. The summed E-state index contributed by atoms with van der Waals surface area (Å²) in [5, 5.41) is 16.8. The second-order valence-corrected chi connectivity index (χ2v) is 19.7. The normalized spacial score (nSPS) is 23.3. The summed E-state index contributed by atoms with van der Waals surface area (Å²) in [6.45, 7) is 11.8. The summed E-state index contributed by atoms with van der Waals surface area (Å²) in [7, 11) is -4.04. The summed E-state index contributed by atoms with van der Waals surface area (Å²) in [6.07, 6.45) is 5.48. The van der Waals surface area contributed by atoms with Crippen LogP contribution in [0.2, 0.25) is 0 Å². The number of carbonyl (C=O) groups is 4. The summed E-state index contributed by atoms with van der Waals surface area (Å²) in [6, 6.07) is 0.594. The van der Waals surface area contributed by atoms with Gasteiger partial charge in [0.15, 0.2) is 0 Å². The molecule has 17 heteroatoms. The van der Waals surface area contributed by atoms with E-state index in [1.165, 1.54) is 52.2 Å². The maximum atomic E-state index is 14.7. The van der Waals surface area contributed by atoms with Crippen molar-refractivity contribution < 1.29 is 32.3 Å². The van der Waals surface area contributed by atoms with Crippen molar-refractivity contribution in [1.29, 1.82) is 0 Å². The Bertz CT molecular complexity index is 2100. The molecule has 6 rings (SSSR count). The predicted octanol–water partition coefficient (Wildman–Crippen LogP) is 4.84. The fraction of sp³-hybridized carbons (Fsp3) is 0.526. The van der Waals surface area contributed by atoms with E-state index in [1.807, 2.05) is 33.7 Å². The number of aromatic nitrogens is 2. The zero-order valence-electron chi connectivity index (χ0n) is 31.6. The van der Waals surface area contributed by atoms with Gasteiger partial charge in [0.25, 0.3) is 11.5 Å². The number of likely N-dealkylation sites (tertiary alicyclic amines) is 1. The summed E-state index contributed by atoms with van der Waals surface area (Å²) in [4.78, 5) is 71.6. The number of hydrogen-bond acceptors (Lipinski definition) is 11. The zero-order chi connectivity index (χ0) is 39.9. The molecule has 0 unspecified atom stereocenters. The summed E-state index contributed by atoms with van der Waals surface area (Å²) < 4.78 is 34.4. The van der Waals surface area contributed by atoms with Crippen LogP contribution in [0.4, 0.5) is 4.79 Å². The minimum atomic E-state index is -4.04. The molecule has 55 heavy (non-hydrogen) atoms. The van der Waals surface area contributed by atoms with Crippen LogP contribution in [-0.2, 0) is 29.1 Å². The number of sulfonamides is 1. The molecule has 4 amide bonds. The van der Waals surface area contributed by atoms with Crippen molar-refractivity contribution in [2.24, 2.45) is 11.3 Å². The van der Waals surface area contributed by atoms with Crippen molar-refractivity contribution in [2.75, 3.05) is 6.54 Å². The Morgan fingerprint density at radius 3 is 2.29 bits per heavy atom. The molecule has 14 nitrogen and oxygen atoms in total. The lowest BCUT2D eigenvalue weighted by Crippen LogP contribution is -2.60. The lowest BCUT2D eigenvalue weighted by Gasteiger charge is -2.35. The van der Waals surface area contributed by atoms with E-state index >= 15 is 0 Å². The largest absolute Gasteiger partial charge is 0.446 e. The highest BCUT2D eigenvalue weighted by Crippen LogP contribution is 2.45. The number of rotatable bonds is 12. The average molecular weight is 813 g/mol. The third-order valence-corrected chi connectivity index (χ3v) is 13.8. The van der Waals surface area contributed by atoms with Crippen LogP contribution in [0.3, 0.4) is 0 Å². The first kappa shape index (κ1) is 40.3. The standard InChI is InChI=1S/C38H48N6O8S3/c1-7-25-17-38(25,35(48)42-55(50,51)22(2)3)41-32(45)29-16-26(19-43(29)34(47)31(37(4,5)6)40-36(49)52-27-10-8-9-11-27)44-33(46)30(24-13-15-54-21-24)28(18-39-44)23-12-14-53-20-23/h7,12-15,18,20-22,25-27,29,31H,1,8-11,16-17,19H2,2-6H3,(H,40,49)(H,41,45)(H,42,48)/t25-,26-,29+,31-,38-/m1/s1. The van der Waals surface area contributed by atoms with Crippen LogP contribution >= 0.6 is 22.7 Å². The van der Waals surface area contributed by atoms with Gasteiger partial charge >= 0.3 is 6.09 Å². The van der Waals surface area contributed by atoms with Crippen LogP contribution in [0, 0.1) is 11.3 Å². The molecule has 5 atom stereocenters. The topological polar surface area (TPSA) is 186 Å². The molecule has 0 radical (unpaired) electrons. The second-order valence-electron chi connectivity index (χ2n) is 15.9. The van der Waals surface area contributed by atoms with Crippen molar-refractivity contribution in [3.8, 4) is 22.3 Å². The molecule has 3 N–H and O–H groups in total. The Morgan fingerprint density at radius 2 is 1.73 bits per heavy atom. The first-order valence-corrected chi connectivity index (χ1v) is 21.8. The Balaban J connectivity index is 1.36. The molecule has 0 bridgehead atoms. The van der Waals surface area contributed by atoms with Crippen molar-refractivity contribution in [3.63, 3.8) is 0 Å². The Morgan fingerprint density at radius 1 is 1.07 bits per heavy atom. The Kier molecular flexibility index (Phi) is 11.5. The number of nitrogens with one attached hydrogen (secondary N) is 3. The number of hydrogen-bond donors (Lipinski definition) is 3. The molecule has 4 heterocycles. The number of alkyl carbamates (subject to hydrolysis) is 1. The van der Waals surface area contributed by atoms with Gasteiger partial charge in [-0.1, -0.05) is 26.8 Å². The van der Waals surface area contributed by atoms with Gasteiger partial charge in [-0.25, -0.2) is 17.9 Å². The molecule has 3 aromatic rings. The van der Waals surface area contributed by atoms with E-state index in [0.29, 0.717) is 16.7 Å². The molecule has 2 saturated carbocycles. The zero-order valence-corrected chi connectivity index (χ0v) is 34.0.